The Labute approximate surface area is 122 Å². The molecule has 0 amide bonds. The van der Waals surface area contributed by atoms with Crippen LogP contribution in [0, 0.1) is 12.7 Å². The van der Waals surface area contributed by atoms with Crippen LogP contribution < -0.4 is 9.47 Å². The number of halogens is 1. The molecule has 1 N–H and O–H groups in total. The number of aliphatic hydroxyl groups excluding tert-OH is 1. The summed E-state index contributed by atoms with van der Waals surface area (Å²) in [6.07, 6.45) is -0.591. The van der Waals surface area contributed by atoms with Crippen LogP contribution in [0.25, 0.3) is 0 Å². The van der Waals surface area contributed by atoms with Gasteiger partial charge >= 0.3 is 0 Å². The maximum absolute atomic E-state index is 13.5. The number of methoxy groups -OCH3 is 1. The number of aryl methyl sites for hydroxylation is 1. The topological polar surface area (TPSA) is 38.7 Å². The normalized spacial score (nSPS) is 20.6. The van der Waals surface area contributed by atoms with Crippen LogP contribution in [-0.4, -0.2) is 12.2 Å². The highest BCUT2D eigenvalue weighted by molar-refractivity contribution is 5.44. The molecule has 1 aliphatic rings. The zero-order chi connectivity index (χ0) is 15.0. The summed E-state index contributed by atoms with van der Waals surface area (Å²) in [5.74, 6) is 0.949. The fourth-order valence-corrected chi connectivity index (χ4v) is 2.70. The molecule has 2 aromatic rings. The largest absolute Gasteiger partial charge is 0.497 e. The van der Waals surface area contributed by atoms with Crippen molar-refractivity contribution in [2.75, 3.05) is 7.11 Å². The Morgan fingerprint density at radius 3 is 2.76 bits per heavy atom. The molecule has 1 unspecified atom stereocenters. The van der Waals surface area contributed by atoms with Gasteiger partial charge in [-0.25, -0.2) is 4.39 Å². The van der Waals surface area contributed by atoms with E-state index in [-0.39, 0.29) is 11.9 Å². The smallest absolute Gasteiger partial charge is 0.129 e. The van der Waals surface area contributed by atoms with E-state index in [9.17, 15) is 9.50 Å². The lowest BCUT2D eigenvalue weighted by molar-refractivity contribution is 0.0650. The summed E-state index contributed by atoms with van der Waals surface area (Å²) in [5.41, 5.74) is 2.45. The Morgan fingerprint density at radius 1 is 1.19 bits per heavy atom. The second-order valence-corrected chi connectivity index (χ2v) is 5.26. The van der Waals surface area contributed by atoms with Crippen LogP contribution >= 0.6 is 0 Å². The highest BCUT2D eigenvalue weighted by Gasteiger charge is 2.29. The van der Waals surface area contributed by atoms with Crippen molar-refractivity contribution >= 4 is 0 Å². The number of ether oxygens (including phenoxy) is 2. The van der Waals surface area contributed by atoms with E-state index in [1.54, 1.807) is 31.4 Å². The third-order valence-electron chi connectivity index (χ3n) is 3.87. The van der Waals surface area contributed by atoms with E-state index in [1.807, 2.05) is 6.92 Å². The fraction of sp³-hybridized carbons (Fsp3) is 0.294. The van der Waals surface area contributed by atoms with Crippen molar-refractivity contribution in [3.05, 3.63) is 58.9 Å². The monoisotopic (exact) mass is 288 g/mol. The number of fused-ring (bicyclic) bond motifs is 1. The van der Waals surface area contributed by atoms with Crippen molar-refractivity contribution in [1.82, 2.24) is 0 Å². The van der Waals surface area contributed by atoms with Crippen molar-refractivity contribution in [2.24, 2.45) is 0 Å². The van der Waals surface area contributed by atoms with Gasteiger partial charge in [0.1, 0.15) is 23.4 Å². The van der Waals surface area contributed by atoms with Gasteiger partial charge in [0.05, 0.1) is 13.2 Å². The van der Waals surface area contributed by atoms with E-state index in [0.717, 1.165) is 16.7 Å². The Bertz CT molecular complexity index is 669. The standard InChI is InChI=1S/C17H17FO3/c1-10-3-4-11(18)7-14(10)17-9-15(19)13-6-5-12(20-2)8-16(13)21-17/h3-8,15,17,19H,9H2,1-2H3/t15-,17?/m1/s1. The molecule has 1 aliphatic heterocycles. The minimum absolute atomic E-state index is 0.301. The van der Waals surface area contributed by atoms with Crippen LogP contribution in [0.3, 0.4) is 0 Å². The lowest BCUT2D eigenvalue weighted by Crippen LogP contribution is -2.20. The van der Waals surface area contributed by atoms with Crippen molar-refractivity contribution in [3.63, 3.8) is 0 Å². The molecular formula is C17H17FO3. The Balaban J connectivity index is 1.98. The Morgan fingerprint density at radius 2 is 2.00 bits per heavy atom. The SMILES string of the molecule is COc1ccc2c(c1)OC(c1cc(F)ccc1C)C[C@H]2O. The van der Waals surface area contributed by atoms with Crippen LogP contribution in [0.4, 0.5) is 4.39 Å². The van der Waals surface area contributed by atoms with Crippen molar-refractivity contribution in [1.29, 1.82) is 0 Å². The predicted molar refractivity (Wildman–Crippen MR) is 77.1 cm³/mol. The summed E-state index contributed by atoms with van der Waals surface area (Å²) < 4.78 is 24.6. The lowest BCUT2D eigenvalue weighted by Gasteiger charge is -2.31. The molecule has 2 atom stereocenters. The summed E-state index contributed by atoms with van der Waals surface area (Å²) in [6.45, 7) is 1.91. The number of rotatable bonds is 2. The Kier molecular flexibility index (Phi) is 3.55. The van der Waals surface area contributed by atoms with Gasteiger partial charge in [0.25, 0.3) is 0 Å². The Hall–Kier alpha value is -2.07. The van der Waals surface area contributed by atoms with Crippen molar-refractivity contribution < 1.29 is 19.0 Å². The van der Waals surface area contributed by atoms with Gasteiger partial charge in [0.15, 0.2) is 0 Å². The average Bonchev–Trinajstić information content (AvgIpc) is 2.49. The molecule has 0 aromatic heterocycles. The molecule has 0 saturated carbocycles. The molecule has 21 heavy (non-hydrogen) atoms. The van der Waals surface area contributed by atoms with Crippen LogP contribution in [0.5, 0.6) is 11.5 Å². The molecule has 0 bridgehead atoms. The maximum atomic E-state index is 13.5. The first-order valence-corrected chi connectivity index (χ1v) is 6.87. The minimum atomic E-state index is -0.632. The highest BCUT2D eigenvalue weighted by atomic mass is 19.1. The first kappa shape index (κ1) is 13.9. The second kappa shape index (κ2) is 5.37. The zero-order valence-corrected chi connectivity index (χ0v) is 12.0. The van der Waals surface area contributed by atoms with E-state index in [4.69, 9.17) is 9.47 Å². The zero-order valence-electron chi connectivity index (χ0n) is 12.0. The van der Waals surface area contributed by atoms with E-state index in [1.165, 1.54) is 12.1 Å². The van der Waals surface area contributed by atoms with Gasteiger partial charge in [-0.15, -0.1) is 0 Å². The van der Waals surface area contributed by atoms with Gasteiger partial charge in [-0.05, 0) is 42.3 Å². The molecule has 110 valence electrons. The fourth-order valence-electron chi connectivity index (χ4n) is 2.70. The van der Waals surface area contributed by atoms with Gasteiger partial charge in [-0.2, -0.15) is 0 Å². The first-order chi connectivity index (χ1) is 10.1. The predicted octanol–water partition coefficient (Wildman–Crippen LogP) is 3.70. The molecule has 0 saturated heterocycles. The summed E-state index contributed by atoms with van der Waals surface area (Å²) in [5, 5.41) is 10.3. The summed E-state index contributed by atoms with van der Waals surface area (Å²) >= 11 is 0. The van der Waals surface area contributed by atoms with Crippen LogP contribution in [0.2, 0.25) is 0 Å². The molecule has 0 radical (unpaired) electrons. The number of hydrogen-bond donors (Lipinski definition) is 1. The van der Waals surface area contributed by atoms with Gasteiger partial charge in [0.2, 0.25) is 0 Å². The molecule has 3 rings (SSSR count). The van der Waals surface area contributed by atoms with Gasteiger partial charge in [-0.3, -0.25) is 0 Å². The quantitative estimate of drug-likeness (QED) is 0.915. The van der Waals surface area contributed by atoms with Crippen LogP contribution in [-0.2, 0) is 0 Å². The summed E-state index contributed by atoms with van der Waals surface area (Å²) in [7, 11) is 1.58. The van der Waals surface area contributed by atoms with Crippen molar-refractivity contribution in [3.8, 4) is 11.5 Å². The van der Waals surface area contributed by atoms with Gasteiger partial charge in [0, 0.05) is 18.1 Å². The van der Waals surface area contributed by atoms with E-state index in [2.05, 4.69) is 0 Å². The van der Waals surface area contributed by atoms with E-state index in [0.29, 0.717) is 17.9 Å². The molecule has 2 aromatic carbocycles. The molecule has 0 fully saturated rings. The van der Waals surface area contributed by atoms with Crippen LogP contribution in [0.1, 0.15) is 35.3 Å². The molecular weight excluding hydrogens is 271 g/mol. The third-order valence-corrected chi connectivity index (χ3v) is 3.87. The van der Waals surface area contributed by atoms with E-state index < -0.39 is 6.10 Å². The van der Waals surface area contributed by atoms with Gasteiger partial charge in [-0.1, -0.05) is 6.07 Å². The number of hydrogen-bond acceptors (Lipinski definition) is 3. The minimum Gasteiger partial charge on any atom is -0.497 e. The molecule has 0 spiro atoms. The van der Waals surface area contributed by atoms with Crippen molar-refractivity contribution in [2.45, 2.75) is 25.6 Å². The first-order valence-electron chi connectivity index (χ1n) is 6.87. The van der Waals surface area contributed by atoms with E-state index >= 15 is 0 Å². The molecule has 4 heteroatoms. The third kappa shape index (κ3) is 2.59. The molecule has 1 heterocycles. The second-order valence-electron chi connectivity index (χ2n) is 5.26. The summed E-state index contributed by atoms with van der Waals surface area (Å²) in [6, 6.07) is 9.96. The lowest BCUT2D eigenvalue weighted by atomic mass is 9.93. The highest BCUT2D eigenvalue weighted by Crippen LogP contribution is 2.42. The number of benzene rings is 2. The number of aliphatic hydroxyl groups is 1. The van der Waals surface area contributed by atoms with Gasteiger partial charge < -0.3 is 14.6 Å². The van der Waals surface area contributed by atoms with Crippen LogP contribution in [0.15, 0.2) is 36.4 Å². The average molecular weight is 288 g/mol. The summed E-state index contributed by atoms with van der Waals surface area (Å²) in [4.78, 5) is 0. The molecule has 0 aliphatic carbocycles. The maximum Gasteiger partial charge on any atom is 0.129 e. The molecule has 3 nitrogen and oxygen atoms in total.